The third-order valence-electron chi connectivity index (χ3n) is 1.56. The Morgan fingerprint density at radius 1 is 1.50 bits per heavy atom. The van der Waals surface area contributed by atoms with Crippen LogP contribution in [0, 0.1) is 11.3 Å². The van der Waals surface area contributed by atoms with Gasteiger partial charge in [-0.3, -0.25) is 0 Å². The summed E-state index contributed by atoms with van der Waals surface area (Å²) >= 11 is 6.75. The Morgan fingerprint density at radius 2 is 2.17 bits per heavy atom. The lowest BCUT2D eigenvalue weighted by Crippen LogP contribution is -1.89. The van der Waals surface area contributed by atoms with Gasteiger partial charge in [-0.1, -0.05) is 37.9 Å². The van der Waals surface area contributed by atoms with Crippen molar-refractivity contribution in [1.29, 1.82) is 5.26 Å². The first-order valence-corrected chi connectivity index (χ1v) is 5.19. The van der Waals surface area contributed by atoms with Gasteiger partial charge in [0, 0.05) is 9.30 Å². The zero-order valence-corrected chi connectivity index (χ0v) is 9.68. The summed E-state index contributed by atoms with van der Waals surface area (Å²) in [6.45, 7) is 2.00. The summed E-state index contributed by atoms with van der Waals surface area (Å²) in [6.07, 6.45) is 0. The standard InChI is InChI=1S/C9H7Br2N/c1-6(10)9-3-2-8(11)4-7(9)5-12/h2-4,6H,1H3. The van der Waals surface area contributed by atoms with Crippen LogP contribution in [-0.2, 0) is 0 Å². The molecule has 0 aliphatic heterocycles. The average Bonchev–Trinajstić information content (AvgIpc) is 2.03. The summed E-state index contributed by atoms with van der Waals surface area (Å²) < 4.78 is 0.941. The minimum absolute atomic E-state index is 0.222. The van der Waals surface area contributed by atoms with Crippen molar-refractivity contribution in [2.45, 2.75) is 11.8 Å². The van der Waals surface area contributed by atoms with Crippen molar-refractivity contribution in [3.8, 4) is 6.07 Å². The lowest BCUT2D eigenvalue weighted by atomic mass is 10.1. The number of alkyl halides is 1. The average molecular weight is 289 g/mol. The first-order chi connectivity index (χ1) is 5.65. The third kappa shape index (κ3) is 2.09. The van der Waals surface area contributed by atoms with Crippen LogP contribution in [0.1, 0.15) is 22.9 Å². The molecule has 0 heterocycles. The van der Waals surface area contributed by atoms with Crippen molar-refractivity contribution >= 4 is 31.9 Å². The number of benzene rings is 1. The Labute approximate surface area is 88.7 Å². The van der Waals surface area contributed by atoms with Crippen molar-refractivity contribution in [3.05, 3.63) is 33.8 Å². The van der Waals surface area contributed by atoms with Crippen LogP contribution in [0.2, 0.25) is 0 Å². The molecule has 0 bridgehead atoms. The monoisotopic (exact) mass is 287 g/mol. The van der Waals surface area contributed by atoms with Gasteiger partial charge in [0.1, 0.15) is 0 Å². The van der Waals surface area contributed by atoms with Gasteiger partial charge in [-0.25, -0.2) is 0 Å². The first-order valence-electron chi connectivity index (χ1n) is 3.48. The Bertz CT molecular complexity index is 326. The first kappa shape index (κ1) is 9.76. The van der Waals surface area contributed by atoms with E-state index in [9.17, 15) is 0 Å². The van der Waals surface area contributed by atoms with Crippen molar-refractivity contribution in [2.24, 2.45) is 0 Å². The fraction of sp³-hybridized carbons (Fsp3) is 0.222. The van der Waals surface area contributed by atoms with Gasteiger partial charge in [0.05, 0.1) is 11.6 Å². The van der Waals surface area contributed by atoms with Crippen molar-refractivity contribution < 1.29 is 0 Å². The number of hydrogen-bond donors (Lipinski definition) is 0. The van der Waals surface area contributed by atoms with Gasteiger partial charge in [0.2, 0.25) is 0 Å². The predicted molar refractivity (Wildman–Crippen MR) is 56.2 cm³/mol. The number of rotatable bonds is 1. The molecule has 0 radical (unpaired) electrons. The van der Waals surface area contributed by atoms with Crippen molar-refractivity contribution in [2.75, 3.05) is 0 Å². The summed E-state index contributed by atoms with van der Waals surface area (Å²) in [6, 6.07) is 7.87. The Hall–Kier alpha value is -0.330. The van der Waals surface area contributed by atoms with Gasteiger partial charge in [0.25, 0.3) is 0 Å². The molecule has 0 aliphatic carbocycles. The van der Waals surface area contributed by atoms with Crippen molar-refractivity contribution in [1.82, 2.24) is 0 Å². The minimum Gasteiger partial charge on any atom is -0.192 e. The summed E-state index contributed by atoms with van der Waals surface area (Å²) in [7, 11) is 0. The van der Waals surface area contributed by atoms with Crippen LogP contribution in [0.4, 0.5) is 0 Å². The molecule has 1 unspecified atom stereocenters. The van der Waals surface area contributed by atoms with Crippen LogP contribution in [0.25, 0.3) is 0 Å². The van der Waals surface area contributed by atoms with Crippen molar-refractivity contribution in [3.63, 3.8) is 0 Å². The molecule has 0 N–H and O–H groups in total. The van der Waals surface area contributed by atoms with E-state index in [-0.39, 0.29) is 4.83 Å². The van der Waals surface area contributed by atoms with E-state index in [0.717, 1.165) is 10.0 Å². The third-order valence-corrected chi connectivity index (χ3v) is 2.55. The maximum Gasteiger partial charge on any atom is 0.0995 e. The molecule has 0 fully saturated rings. The molecule has 3 heteroatoms. The second-order valence-electron chi connectivity index (χ2n) is 2.46. The maximum absolute atomic E-state index is 8.80. The highest BCUT2D eigenvalue weighted by Gasteiger charge is 2.06. The van der Waals surface area contributed by atoms with Crippen LogP contribution in [0.5, 0.6) is 0 Å². The molecule has 0 aliphatic rings. The Morgan fingerprint density at radius 3 is 2.67 bits per heavy atom. The van der Waals surface area contributed by atoms with Gasteiger partial charge in [-0.15, -0.1) is 0 Å². The van der Waals surface area contributed by atoms with Gasteiger partial charge in [-0.05, 0) is 24.6 Å². The van der Waals surface area contributed by atoms with E-state index in [0.29, 0.717) is 5.56 Å². The largest absolute Gasteiger partial charge is 0.192 e. The van der Waals surface area contributed by atoms with E-state index >= 15 is 0 Å². The highest BCUT2D eigenvalue weighted by Crippen LogP contribution is 2.26. The van der Waals surface area contributed by atoms with E-state index in [4.69, 9.17) is 5.26 Å². The summed E-state index contributed by atoms with van der Waals surface area (Å²) in [5, 5.41) is 8.80. The van der Waals surface area contributed by atoms with E-state index in [1.807, 2.05) is 25.1 Å². The minimum atomic E-state index is 0.222. The molecule has 1 atom stereocenters. The van der Waals surface area contributed by atoms with Gasteiger partial charge in [0.15, 0.2) is 0 Å². The summed E-state index contributed by atoms with van der Waals surface area (Å²) in [4.78, 5) is 0.222. The van der Waals surface area contributed by atoms with Gasteiger partial charge in [-0.2, -0.15) is 5.26 Å². The molecular weight excluding hydrogens is 282 g/mol. The quantitative estimate of drug-likeness (QED) is 0.722. The second-order valence-corrected chi connectivity index (χ2v) is 4.75. The summed E-state index contributed by atoms with van der Waals surface area (Å²) in [5.74, 6) is 0. The van der Waals surface area contributed by atoms with Crippen LogP contribution in [0.15, 0.2) is 22.7 Å². The smallest absolute Gasteiger partial charge is 0.0995 e. The highest BCUT2D eigenvalue weighted by molar-refractivity contribution is 9.10. The van der Waals surface area contributed by atoms with Gasteiger partial charge < -0.3 is 0 Å². The molecular formula is C9H7Br2N. The van der Waals surface area contributed by atoms with E-state index in [1.165, 1.54) is 0 Å². The van der Waals surface area contributed by atoms with Crippen LogP contribution >= 0.6 is 31.9 Å². The van der Waals surface area contributed by atoms with E-state index in [2.05, 4.69) is 37.9 Å². The molecule has 12 heavy (non-hydrogen) atoms. The molecule has 1 nitrogen and oxygen atoms in total. The highest BCUT2D eigenvalue weighted by atomic mass is 79.9. The van der Waals surface area contributed by atoms with Gasteiger partial charge >= 0.3 is 0 Å². The zero-order chi connectivity index (χ0) is 9.14. The molecule has 1 rings (SSSR count). The molecule has 0 aromatic heterocycles. The van der Waals surface area contributed by atoms with Crippen LogP contribution in [0.3, 0.4) is 0 Å². The van der Waals surface area contributed by atoms with E-state index in [1.54, 1.807) is 0 Å². The SMILES string of the molecule is CC(Br)c1ccc(Br)cc1C#N. The number of hydrogen-bond acceptors (Lipinski definition) is 1. The number of halogens is 2. The Balaban J connectivity index is 3.23. The fourth-order valence-corrected chi connectivity index (χ4v) is 1.73. The lowest BCUT2D eigenvalue weighted by molar-refractivity contribution is 1.11. The molecule has 1 aromatic rings. The number of nitriles is 1. The molecule has 0 saturated carbocycles. The molecule has 0 spiro atoms. The predicted octanol–water partition coefficient (Wildman–Crippen LogP) is 3.78. The molecule has 62 valence electrons. The molecule has 1 aromatic carbocycles. The lowest BCUT2D eigenvalue weighted by Gasteiger charge is -2.05. The fourth-order valence-electron chi connectivity index (χ4n) is 0.972. The topological polar surface area (TPSA) is 23.8 Å². The second kappa shape index (κ2) is 4.06. The Kier molecular flexibility index (Phi) is 3.30. The summed E-state index contributed by atoms with van der Waals surface area (Å²) in [5.41, 5.74) is 1.74. The maximum atomic E-state index is 8.80. The zero-order valence-electron chi connectivity index (χ0n) is 6.51. The number of nitrogens with zero attached hydrogens (tertiary/aromatic N) is 1. The van der Waals surface area contributed by atoms with Crippen LogP contribution in [-0.4, -0.2) is 0 Å². The normalized spacial score (nSPS) is 12.2. The molecule has 0 saturated heterocycles. The van der Waals surface area contributed by atoms with Crippen LogP contribution < -0.4 is 0 Å². The van der Waals surface area contributed by atoms with E-state index < -0.39 is 0 Å². The molecule has 0 amide bonds.